The monoisotopic (exact) mass is 253 g/mol. The number of nitrogens with zero attached hydrogens (tertiary/aromatic N) is 2. The third-order valence-corrected chi connectivity index (χ3v) is 4.84. The molecule has 0 aliphatic carbocycles. The molecule has 0 radical (unpaired) electrons. The molecule has 2 aliphatic rings. The minimum absolute atomic E-state index is 0.432. The summed E-state index contributed by atoms with van der Waals surface area (Å²) in [4.78, 5) is 4.63. The van der Waals surface area contributed by atoms with Crippen molar-refractivity contribution in [2.45, 2.75) is 37.5 Å². The SMILES string of the molecule is C1CSCC(c2noc(C3CCCNC3)n2)C1. The molecule has 3 heterocycles. The van der Waals surface area contributed by atoms with Gasteiger partial charge in [-0.25, -0.2) is 0 Å². The van der Waals surface area contributed by atoms with Gasteiger partial charge in [-0.05, 0) is 38.0 Å². The van der Waals surface area contributed by atoms with E-state index in [1.165, 1.54) is 31.4 Å². The molecule has 3 rings (SSSR count). The quantitative estimate of drug-likeness (QED) is 0.875. The molecular weight excluding hydrogens is 234 g/mol. The fourth-order valence-electron chi connectivity index (χ4n) is 2.59. The minimum atomic E-state index is 0.432. The molecule has 2 atom stereocenters. The third kappa shape index (κ3) is 2.65. The number of aromatic nitrogens is 2. The van der Waals surface area contributed by atoms with E-state index < -0.39 is 0 Å². The van der Waals surface area contributed by atoms with E-state index in [1.807, 2.05) is 11.8 Å². The van der Waals surface area contributed by atoms with Gasteiger partial charge in [0.05, 0.1) is 5.92 Å². The van der Waals surface area contributed by atoms with Crippen LogP contribution in [0.5, 0.6) is 0 Å². The Bertz CT molecular complexity index is 324. The van der Waals surface area contributed by atoms with Gasteiger partial charge in [-0.2, -0.15) is 16.7 Å². The van der Waals surface area contributed by atoms with E-state index in [2.05, 4.69) is 15.5 Å². The Morgan fingerprint density at radius 3 is 2.94 bits per heavy atom. The molecule has 2 fully saturated rings. The molecule has 0 spiro atoms. The van der Waals surface area contributed by atoms with Crippen molar-refractivity contribution >= 4 is 11.8 Å². The second-order valence-corrected chi connectivity index (χ2v) is 6.10. The molecule has 17 heavy (non-hydrogen) atoms. The van der Waals surface area contributed by atoms with E-state index in [0.717, 1.165) is 30.6 Å². The number of hydrogen-bond acceptors (Lipinski definition) is 5. The summed E-state index contributed by atoms with van der Waals surface area (Å²) in [6.07, 6.45) is 4.88. The first-order chi connectivity index (χ1) is 8.43. The fraction of sp³-hybridized carbons (Fsp3) is 0.833. The number of thioether (sulfide) groups is 1. The molecular formula is C12H19N3OS. The highest BCUT2D eigenvalue weighted by Gasteiger charge is 2.25. The Morgan fingerprint density at radius 1 is 1.24 bits per heavy atom. The van der Waals surface area contributed by atoms with Gasteiger partial charge < -0.3 is 9.84 Å². The van der Waals surface area contributed by atoms with Crippen molar-refractivity contribution in [2.75, 3.05) is 24.6 Å². The van der Waals surface area contributed by atoms with E-state index in [1.54, 1.807) is 0 Å². The zero-order valence-corrected chi connectivity index (χ0v) is 10.8. The van der Waals surface area contributed by atoms with Crippen LogP contribution in [0, 0.1) is 0 Å². The van der Waals surface area contributed by atoms with Gasteiger partial charge in [0.25, 0.3) is 0 Å². The van der Waals surface area contributed by atoms with Gasteiger partial charge in [-0.1, -0.05) is 5.16 Å². The van der Waals surface area contributed by atoms with Crippen LogP contribution in [0.2, 0.25) is 0 Å². The van der Waals surface area contributed by atoms with Crippen LogP contribution in [-0.4, -0.2) is 34.7 Å². The molecule has 2 aliphatic heterocycles. The van der Waals surface area contributed by atoms with Gasteiger partial charge in [0, 0.05) is 18.2 Å². The van der Waals surface area contributed by atoms with Crippen LogP contribution in [0.4, 0.5) is 0 Å². The van der Waals surface area contributed by atoms with Gasteiger partial charge in [-0.15, -0.1) is 0 Å². The first-order valence-corrected chi connectivity index (χ1v) is 7.71. The molecule has 2 unspecified atom stereocenters. The Kier molecular flexibility index (Phi) is 3.66. The molecule has 1 aromatic rings. The van der Waals surface area contributed by atoms with Gasteiger partial charge >= 0.3 is 0 Å². The van der Waals surface area contributed by atoms with E-state index in [0.29, 0.717) is 11.8 Å². The molecule has 5 heteroatoms. The minimum Gasteiger partial charge on any atom is -0.339 e. The van der Waals surface area contributed by atoms with E-state index >= 15 is 0 Å². The normalized spacial score (nSPS) is 30.4. The lowest BCUT2D eigenvalue weighted by Gasteiger charge is -2.19. The summed E-state index contributed by atoms with van der Waals surface area (Å²) in [5, 5.41) is 7.58. The zero-order chi connectivity index (χ0) is 11.5. The van der Waals surface area contributed by atoms with Gasteiger partial charge in [0.2, 0.25) is 5.89 Å². The maximum Gasteiger partial charge on any atom is 0.231 e. The van der Waals surface area contributed by atoms with Crippen LogP contribution >= 0.6 is 11.8 Å². The lowest BCUT2D eigenvalue weighted by Crippen LogP contribution is -2.28. The molecule has 2 saturated heterocycles. The van der Waals surface area contributed by atoms with E-state index in [4.69, 9.17) is 4.52 Å². The van der Waals surface area contributed by atoms with Gasteiger partial charge in [0.1, 0.15) is 0 Å². The van der Waals surface area contributed by atoms with Crippen LogP contribution in [0.3, 0.4) is 0 Å². The van der Waals surface area contributed by atoms with Crippen LogP contribution in [0.1, 0.15) is 49.2 Å². The van der Waals surface area contributed by atoms with Crippen LogP contribution < -0.4 is 5.32 Å². The molecule has 4 nitrogen and oxygen atoms in total. The Hall–Kier alpha value is -0.550. The third-order valence-electron chi connectivity index (χ3n) is 3.63. The molecule has 0 bridgehead atoms. The number of hydrogen-bond donors (Lipinski definition) is 1. The highest BCUT2D eigenvalue weighted by molar-refractivity contribution is 7.99. The second-order valence-electron chi connectivity index (χ2n) is 4.95. The number of rotatable bonds is 2. The summed E-state index contributed by atoms with van der Waals surface area (Å²) in [5.41, 5.74) is 0. The molecule has 0 aromatic carbocycles. The van der Waals surface area contributed by atoms with Crippen molar-refractivity contribution in [3.05, 3.63) is 11.7 Å². The lowest BCUT2D eigenvalue weighted by atomic mass is 9.99. The van der Waals surface area contributed by atoms with Crippen molar-refractivity contribution in [1.29, 1.82) is 0 Å². The fourth-order valence-corrected chi connectivity index (χ4v) is 3.72. The topological polar surface area (TPSA) is 51.0 Å². The zero-order valence-electron chi connectivity index (χ0n) is 10.0. The smallest absolute Gasteiger partial charge is 0.231 e. The summed E-state index contributed by atoms with van der Waals surface area (Å²) >= 11 is 2.01. The highest BCUT2D eigenvalue weighted by Crippen LogP contribution is 2.30. The Balaban J connectivity index is 1.68. The molecule has 1 aromatic heterocycles. The van der Waals surface area contributed by atoms with Crippen LogP contribution in [0.25, 0.3) is 0 Å². The largest absolute Gasteiger partial charge is 0.339 e. The van der Waals surface area contributed by atoms with Crippen LogP contribution in [-0.2, 0) is 0 Å². The van der Waals surface area contributed by atoms with Crippen molar-refractivity contribution < 1.29 is 4.52 Å². The maximum absolute atomic E-state index is 5.45. The average molecular weight is 253 g/mol. The first-order valence-electron chi connectivity index (χ1n) is 6.55. The molecule has 0 amide bonds. The van der Waals surface area contributed by atoms with Gasteiger partial charge in [-0.3, -0.25) is 0 Å². The Labute approximate surface area is 106 Å². The maximum atomic E-state index is 5.45. The molecule has 1 N–H and O–H groups in total. The van der Waals surface area contributed by atoms with Crippen molar-refractivity contribution in [1.82, 2.24) is 15.5 Å². The molecule has 0 saturated carbocycles. The predicted molar refractivity (Wildman–Crippen MR) is 68.4 cm³/mol. The first kappa shape index (κ1) is 11.5. The number of nitrogens with one attached hydrogen (secondary N) is 1. The standard InChI is InChI=1S/C12H19N3OS/c1-3-9(7-13-5-1)12-14-11(15-16-12)10-4-2-6-17-8-10/h9-10,13H,1-8H2. The summed E-state index contributed by atoms with van der Waals surface area (Å²) in [6.45, 7) is 2.11. The van der Waals surface area contributed by atoms with Crippen LogP contribution in [0.15, 0.2) is 4.52 Å². The lowest BCUT2D eigenvalue weighted by molar-refractivity contribution is 0.319. The highest BCUT2D eigenvalue weighted by atomic mass is 32.2. The summed E-state index contributed by atoms with van der Waals surface area (Å²) < 4.78 is 5.45. The van der Waals surface area contributed by atoms with Crippen molar-refractivity contribution in [3.63, 3.8) is 0 Å². The van der Waals surface area contributed by atoms with Crippen molar-refractivity contribution in [2.24, 2.45) is 0 Å². The van der Waals surface area contributed by atoms with Gasteiger partial charge in [0.15, 0.2) is 5.82 Å². The summed E-state index contributed by atoms with van der Waals surface area (Å²) in [5.74, 6) is 5.18. The summed E-state index contributed by atoms with van der Waals surface area (Å²) in [6, 6.07) is 0. The number of piperidine rings is 1. The van der Waals surface area contributed by atoms with E-state index in [-0.39, 0.29) is 0 Å². The average Bonchev–Trinajstić information content (AvgIpc) is 2.90. The predicted octanol–water partition coefficient (Wildman–Crippen LogP) is 2.15. The summed E-state index contributed by atoms with van der Waals surface area (Å²) in [7, 11) is 0. The molecule has 94 valence electrons. The van der Waals surface area contributed by atoms with Crippen molar-refractivity contribution in [3.8, 4) is 0 Å². The van der Waals surface area contributed by atoms with E-state index in [9.17, 15) is 0 Å². The Morgan fingerprint density at radius 2 is 2.18 bits per heavy atom. The second kappa shape index (κ2) is 5.40.